The molecule has 5 nitrogen and oxygen atoms in total. The zero-order valence-corrected chi connectivity index (χ0v) is 15.7. The molecule has 7 heteroatoms. The Balaban J connectivity index is 1.89. The van der Waals surface area contributed by atoms with E-state index in [2.05, 4.69) is 15.9 Å². The molecule has 1 amide bonds. The third-order valence-corrected chi connectivity index (χ3v) is 6.28. The van der Waals surface area contributed by atoms with Gasteiger partial charge < -0.3 is 4.90 Å². The normalized spacial score (nSPS) is 16.4. The summed E-state index contributed by atoms with van der Waals surface area (Å²) in [5, 5.41) is 0. The Bertz CT molecular complexity index is 908. The molecule has 1 fully saturated rings. The van der Waals surface area contributed by atoms with Crippen LogP contribution in [0.1, 0.15) is 26.3 Å². The largest absolute Gasteiger partial charge is 0.337 e. The zero-order chi connectivity index (χ0) is 18.0. The molecule has 1 heterocycles. The van der Waals surface area contributed by atoms with Crippen LogP contribution in [-0.4, -0.2) is 49.6 Å². The van der Waals surface area contributed by atoms with Crippen molar-refractivity contribution >= 4 is 37.5 Å². The summed E-state index contributed by atoms with van der Waals surface area (Å²) in [5.74, 6) is -0.625. The molecule has 0 saturated carbocycles. The van der Waals surface area contributed by atoms with Crippen molar-refractivity contribution < 1.29 is 18.0 Å². The lowest BCUT2D eigenvalue weighted by atomic mass is 9.97. The van der Waals surface area contributed by atoms with E-state index in [9.17, 15) is 18.0 Å². The molecule has 0 radical (unpaired) electrons. The Morgan fingerprint density at radius 2 is 1.44 bits per heavy atom. The third kappa shape index (κ3) is 3.99. The Kier molecular flexibility index (Phi) is 5.06. The molecule has 2 aromatic carbocycles. The first-order valence-electron chi connectivity index (χ1n) is 7.76. The predicted molar refractivity (Wildman–Crippen MR) is 98.6 cm³/mol. The molecule has 0 bridgehead atoms. The number of halogens is 1. The van der Waals surface area contributed by atoms with Crippen LogP contribution in [0.2, 0.25) is 0 Å². The first-order chi connectivity index (χ1) is 11.9. The number of hydrogen-bond donors (Lipinski definition) is 0. The van der Waals surface area contributed by atoms with Crippen LogP contribution < -0.4 is 0 Å². The maximum atomic E-state index is 12.8. The number of sulfone groups is 1. The second-order valence-corrected chi connectivity index (χ2v) is 9.04. The van der Waals surface area contributed by atoms with E-state index < -0.39 is 9.84 Å². The summed E-state index contributed by atoms with van der Waals surface area (Å²) in [6.45, 7) is 0.309. The highest BCUT2D eigenvalue weighted by molar-refractivity contribution is 9.10. The highest BCUT2D eigenvalue weighted by atomic mass is 79.9. The molecule has 0 N–H and O–H groups in total. The quantitative estimate of drug-likeness (QED) is 0.713. The van der Waals surface area contributed by atoms with Gasteiger partial charge in [0.1, 0.15) is 0 Å². The van der Waals surface area contributed by atoms with E-state index in [1.54, 1.807) is 48.5 Å². The minimum absolute atomic E-state index is 0.0401. The van der Waals surface area contributed by atoms with Crippen molar-refractivity contribution in [3.05, 3.63) is 69.7 Å². The summed E-state index contributed by atoms with van der Waals surface area (Å²) in [4.78, 5) is 27.1. The molecule has 0 atom stereocenters. The topological polar surface area (TPSA) is 71.5 Å². The maximum Gasteiger partial charge on any atom is 0.254 e. The van der Waals surface area contributed by atoms with Crippen LogP contribution in [0.25, 0.3) is 0 Å². The fraction of sp³-hybridized carbons (Fsp3) is 0.222. The number of amides is 1. The number of carbonyl (C=O) groups is 2. The summed E-state index contributed by atoms with van der Waals surface area (Å²) in [7, 11) is -3.07. The summed E-state index contributed by atoms with van der Waals surface area (Å²) < 4.78 is 24.0. The van der Waals surface area contributed by atoms with E-state index in [1.165, 1.54) is 4.90 Å². The van der Waals surface area contributed by atoms with Gasteiger partial charge in [-0.25, -0.2) is 8.42 Å². The fourth-order valence-electron chi connectivity index (χ4n) is 2.71. The number of hydrogen-bond acceptors (Lipinski definition) is 4. The van der Waals surface area contributed by atoms with Gasteiger partial charge in [-0.05, 0) is 30.3 Å². The van der Waals surface area contributed by atoms with Crippen molar-refractivity contribution in [1.82, 2.24) is 4.90 Å². The first kappa shape index (κ1) is 17.8. The Hall–Kier alpha value is -1.99. The average Bonchev–Trinajstić information content (AvgIpc) is 2.61. The smallest absolute Gasteiger partial charge is 0.254 e. The van der Waals surface area contributed by atoms with Crippen molar-refractivity contribution in [1.29, 1.82) is 0 Å². The molecule has 0 unspecified atom stereocenters. The maximum absolute atomic E-state index is 12.8. The van der Waals surface area contributed by atoms with Crippen LogP contribution in [0, 0.1) is 0 Å². The van der Waals surface area contributed by atoms with Crippen molar-refractivity contribution in [2.24, 2.45) is 0 Å². The number of nitrogens with zero attached hydrogens (tertiary/aromatic N) is 1. The molecule has 25 heavy (non-hydrogen) atoms. The van der Waals surface area contributed by atoms with Gasteiger partial charge in [0.25, 0.3) is 5.91 Å². The van der Waals surface area contributed by atoms with E-state index in [0.717, 1.165) is 4.47 Å². The molecule has 0 aromatic heterocycles. The predicted octanol–water partition coefficient (Wildman–Crippen LogP) is 2.55. The summed E-state index contributed by atoms with van der Waals surface area (Å²) >= 11 is 3.33. The monoisotopic (exact) mass is 421 g/mol. The summed E-state index contributed by atoms with van der Waals surface area (Å²) in [6, 6.07) is 13.6. The van der Waals surface area contributed by atoms with Gasteiger partial charge in [0.05, 0.1) is 17.1 Å². The molecular formula is C18H16BrNO4S. The summed E-state index contributed by atoms with van der Waals surface area (Å²) in [6.07, 6.45) is 0. The molecule has 0 spiro atoms. The van der Waals surface area contributed by atoms with Gasteiger partial charge >= 0.3 is 0 Å². The zero-order valence-electron chi connectivity index (χ0n) is 13.3. The molecule has 1 saturated heterocycles. The molecule has 1 aliphatic rings. The van der Waals surface area contributed by atoms with Crippen molar-refractivity contribution in [3.8, 4) is 0 Å². The second-order valence-electron chi connectivity index (χ2n) is 5.83. The molecule has 2 aromatic rings. The first-order valence-corrected chi connectivity index (χ1v) is 10.4. The number of rotatable bonds is 3. The van der Waals surface area contributed by atoms with Gasteiger partial charge in [-0.1, -0.05) is 34.1 Å². The second kappa shape index (κ2) is 7.09. The van der Waals surface area contributed by atoms with E-state index >= 15 is 0 Å². The Morgan fingerprint density at radius 3 is 2.04 bits per heavy atom. The van der Waals surface area contributed by atoms with Gasteiger partial charge in [-0.3, -0.25) is 9.59 Å². The molecule has 1 aliphatic heterocycles. The number of benzene rings is 2. The average molecular weight is 422 g/mol. The van der Waals surface area contributed by atoms with E-state index in [0.29, 0.717) is 16.7 Å². The van der Waals surface area contributed by atoms with Crippen LogP contribution in [0.15, 0.2) is 53.0 Å². The van der Waals surface area contributed by atoms with Gasteiger partial charge in [0.2, 0.25) is 0 Å². The van der Waals surface area contributed by atoms with Crippen molar-refractivity contribution in [2.75, 3.05) is 24.6 Å². The minimum atomic E-state index is -3.07. The van der Waals surface area contributed by atoms with Gasteiger partial charge in [0.15, 0.2) is 15.6 Å². The molecule has 3 rings (SSSR count). The van der Waals surface area contributed by atoms with Crippen LogP contribution in [0.5, 0.6) is 0 Å². The fourth-order valence-corrected chi connectivity index (χ4v) is 4.18. The Morgan fingerprint density at radius 1 is 0.880 bits per heavy atom. The molecule has 130 valence electrons. The van der Waals surface area contributed by atoms with Crippen LogP contribution in [-0.2, 0) is 9.84 Å². The van der Waals surface area contributed by atoms with Crippen LogP contribution >= 0.6 is 15.9 Å². The van der Waals surface area contributed by atoms with Crippen LogP contribution in [0.3, 0.4) is 0 Å². The lowest BCUT2D eigenvalue weighted by Gasteiger charge is -2.27. The SMILES string of the molecule is O=C(c1ccc(Br)cc1)c1ccccc1C(=O)N1CCS(=O)(=O)CC1. The van der Waals surface area contributed by atoms with E-state index in [4.69, 9.17) is 0 Å². The lowest BCUT2D eigenvalue weighted by molar-refractivity contribution is 0.0765. The van der Waals surface area contributed by atoms with Gasteiger partial charge in [0, 0.05) is 28.7 Å². The van der Waals surface area contributed by atoms with Crippen LogP contribution in [0.4, 0.5) is 0 Å². The molecular weight excluding hydrogens is 406 g/mol. The van der Waals surface area contributed by atoms with E-state index in [1.807, 2.05) is 0 Å². The lowest BCUT2D eigenvalue weighted by Crippen LogP contribution is -2.44. The highest BCUT2D eigenvalue weighted by Gasteiger charge is 2.28. The van der Waals surface area contributed by atoms with Gasteiger partial charge in [-0.2, -0.15) is 0 Å². The highest BCUT2D eigenvalue weighted by Crippen LogP contribution is 2.19. The van der Waals surface area contributed by atoms with Crippen molar-refractivity contribution in [3.63, 3.8) is 0 Å². The standard InChI is InChI=1S/C18H16BrNO4S/c19-14-7-5-13(6-8-14)17(21)15-3-1-2-4-16(15)18(22)20-9-11-25(23,24)12-10-20/h1-8H,9-12H2. The summed E-state index contributed by atoms with van der Waals surface area (Å²) in [5.41, 5.74) is 1.11. The van der Waals surface area contributed by atoms with Gasteiger partial charge in [-0.15, -0.1) is 0 Å². The Labute approximate surface area is 154 Å². The van der Waals surface area contributed by atoms with Crippen molar-refractivity contribution in [2.45, 2.75) is 0 Å². The van der Waals surface area contributed by atoms with E-state index in [-0.39, 0.29) is 36.3 Å². The molecule has 0 aliphatic carbocycles. The third-order valence-electron chi connectivity index (χ3n) is 4.14. The number of carbonyl (C=O) groups excluding carboxylic acids is 2. The minimum Gasteiger partial charge on any atom is -0.337 e. The number of ketones is 1.